The summed E-state index contributed by atoms with van der Waals surface area (Å²) in [4.78, 5) is 14.6. The number of carboxylic acid groups (broad SMARTS) is 1. The van der Waals surface area contributed by atoms with Crippen molar-refractivity contribution in [1.29, 1.82) is 0 Å². The number of aliphatic carboxylic acids is 1. The third-order valence-corrected chi connectivity index (χ3v) is 3.01. The Kier molecular flexibility index (Phi) is 2.68. The summed E-state index contributed by atoms with van der Waals surface area (Å²) in [5.74, 6) is -1.22. The van der Waals surface area contributed by atoms with Crippen LogP contribution in [0.4, 0.5) is 0 Å². The normalized spacial score (nSPS) is 14.1. The lowest BCUT2D eigenvalue weighted by Crippen LogP contribution is -2.39. The highest BCUT2D eigenvalue weighted by atomic mass is 32.1. The van der Waals surface area contributed by atoms with Crippen molar-refractivity contribution >= 4 is 17.3 Å². The van der Waals surface area contributed by atoms with Gasteiger partial charge in [0.1, 0.15) is 5.01 Å². The summed E-state index contributed by atoms with van der Waals surface area (Å²) < 4.78 is 0. The van der Waals surface area contributed by atoms with Crippen LogP contribution in [0, 0.1) is 0 Å². The summed E-state index contributed by atoms with van der Waals surface area (Å²) in [6, 6.07) is 0. The van der Waals surface area contributed by atoms with Gasteiger partial charge in [0.25, 0.3) is 0 Å². The molecule has 0 aromatic carbocycles. The van der Waals surface area contributed by atoms with Gasteiger partial charge in [-0.1, -0.05) is 13.8 Å². The lowest BCUT2D eigenvalue weighted by molar-refractivity contribution is -0.150. The summed E-state index contributed by atoms with van der Waals surface area (Å²) in [6.07, 6.45) is 0.176. The van der Waals surface area contributed by atoms with E-state index in [0.29, 0.717) is 5.01 Å². The van der Waals surface area contributed by atoms with E-state index in [-0.39, 0.29) is 0 Å². The van der Waals surface area contributed by atoms with Crippen LogP contribution in [0.5, 0.6) is 0 Å². The zero-order chi connectivity index (χ0) is 10.1. The van der Waals surface area contributed by atoms with Gasteiger partial charge >= 0.3 is 5.97 Å². The molecule has 0 bridgehead atoms. The molecule has 1 aromatic rings. The molecule has 4 nitrogen and oxygen atoms in total. The highest BCUT2D eigenvalue weighted by Gasteiger charge is 2.37. The minimum Gasteiger partial charge on any atom is -0.479 e. The number of rotatable bonds is 3. The third kappa shape index (κ3) is 1.87. The van der Waals surface area contributed by atoms with Crippen molar-refractivity contribution in [2.75, 3.05) is 0 Å². The molecule has 1 unspecified atom stereocenters. The summed E-state index contributed by atoms with van der Waals surface area (Å²) in [6.45, 7) is 3.31. The van der Waals surface area contributed by atoms with Gasteiger partial charge in [0.2, 0.25) is 0 Å². The van der Waals surface area contributed by atoms with Crippen LogP contribution in [0.15, 0.2) is 11.6 Å². The minimum absolute atomic E-state index is 0.627. The van der Waals surface area contributed by atoms with E-state index in [2.05, 4.69) is 4.98 Å². The molecule has 2 N–H and O–H groups in total. The molecule has 0 spiro atoms. The summed E-state index contributed by atoms with van der Waals surface area (Å²) in [5.41, 5.74) is -0.833. The molecule has 0 aliphatic heterocycles. The Bertz CT molecular complexity index is 294. The third-order valence-electron chi connectivity index (χ3n) is 1.90. The van der Waals surface area contributed by atoms with Crippen LogP contribution in [-0.2, 0) is 10.2 Å². The first-order chi connectivity index (χ1) is 5.96. The first-order valence-electron chi connectivity index (χ1n) is 3.77. The molecule has 1 atom stereocenters. The van der Waals surface area contributed by atoms with Gasteiger partial charge in [-0.2, -0.15) is 0 Å². The molecular weight excluding hydrogens is 190 g/mol. The van der Waals surface area contributed by atoms with Crippen LogP contribution >= 0.6 is 11.3 Å². The Balaban J connectivity index is 2.95. The lowest BCUT2D eigenvalue weighted by Gasteiger charge is -2.24. The summed E-state index contributed by atoms with van der Waals surface area (Å²) in [7, 11) is 0. The number of carboxylic acids is 1. The molecule has 1 aromatic heterocycles. The molecule has 1 rings (SSSR count). The highest BCUT2D eigenvalue weighted by molar-refractivity contribution is 7.09. The maximum absolute atomic E-state index is 10.6. The monoisotopic (exact) mass is 201 g/mol. The molecule has 0 aliphatic carbocycles. The molecule has 72 valence electrons. The number of aromatic nitrogens is 1. The summed E-state index contributed by atoms with van der Waals surface area (Å²) in [5, 5.41) is 20.4. The van der Waals surface area contributed by atoms with Crippen LogP contribution in [0.3, 0.4) is 0 Å². The van der Waals surface area contributed by atoms with Gasteiger partial charge in [-0.15, -0.1) is 11.3 Å². The topological polar surface area (TPSA) is 70.4 Å². The average molecular weight is 201 g/mol. The number of hydrogen-bond acceptors (Lipinski definition) is 4. The van der Waals surface area contributed by atoms with Crippen molar-refractivity contribution < 1.29 is 15.0 Å². The van der Waals surface area contributed by atoms with Crippen molar-refractivity contribution in [3.8, 4) is 0 Å². The first kappa shape index (κ1) is 10.1. The molecule has 1 heterocycles. The van der Waals surface area contributed by atoms with E-state index in [4.69, 9.17) is 5.11 Å². The van der Waals surface area contributed by atoms with Gasteiger partial charge in [0.05, 0.1) is 5.41 Å². The van der Waals surface area contributed by atoms with Gasteiger partial charge < -0.3 is 10.2 Å². The molecular formula is C8H11NO3S. The fraction of sp³-hybridized carbons (Fsp3) is 0.500. The molecule has 0 radical (unpaired) electrons. The fourth-order valence-corrected chi connectivity index (χ4v) is 1.76. The highest BCUT2D eigenvalue weighted by Crippen LogP contribution is 2.28. The first-order valence-corrected chi connectivity index (χ1v) is 4.65. The second-order valence-corrected chi connectivity index (χ2v) is 4.19. The number of thiazole rings is 1. The van der Waals surface area contributed by atoms with Crippen LogP contribution in [0.25, 0.3) is 0 Å². The second kappa shape index (κ2) is 3.43. The van der Waals surface area contributed by atoms with Crippen LogP contribution in [-0.4, -0.2) is 27.3 Å². The predicted octanol–water partition coefficient (Wildman–Crippen LogP) is 0.866. The molecule has 0 amide bonds. The Hall–Kier alpha value is -0.940. The van der Waals surface area contributed by atoms with E-state index >= 15 is 0 Å². The predicted molar refractivity (Wildman–Crippen MR) is 48.8 cm³/mol. The molecule has 0 saturated carbocycles. The zero-order valence-electron chi connectivity index (χ0n) is 7.39. The molecule has 0 fully saturated rings. The van der Waals surface area contributed by atoms with Crippen molar-refractivity contribution in [2.45, 2.75) is 25.4 Å². The van der Waals surface area contributed by atoms with Crippen molar-refractivity contribution in [1.82, 2.24) is 4.98 Å². The SMILES string of the molecule is CC(C)(c1nccs1)C(O)C(=O)O. The van der Waals surface area contributed by atoms with Gasteiger partial charge in [0.15, 0.2) is 6.10 Å². The minimum atomic E-state index is -1.42. The average Bonchev–Trinajstić information content (AvgIpc) is 2.54. The van der Waals surface area contributed by atoms with Crippen LogP contribution in [0.2, 0.25) is 0 Å². The summed E-state index contributed by atoms with van der Waals surface area (Å²) >= 11 is 1.34. The van der Waals surface area contributed by atoms with E-state index in [0.717, 1.165) is 0 Å². The van der Waals surface area contributed by atoms with Crippen molar-refractivity contribution in [3.05, 3.63) is 16.6 Å². The lowest BCUT2D eigenvalue weighted by atomic mass is 9.87. The van der Waals surface area contributed by atoms with Gasteiger partial charge in [-0.05, 0) is 0 Å². The van der Waals surface area contributed by atoms with E-state index in [1.807, 2.05) is 0 Å². The Morgan fingerprint density at radius 3 is 2.69 bits per heavy atom. The largest absolute Gasteiger partial charge is 0.479 e. The molecule has 13 heavy (non-hydrogen) atoms. The van der Waals surface area contributed by atoms with Crippen molar-refractivity contribution in [2.24, 2.45) is 0 Å². The van der Waals surface area contributed by atoms with E-state index in [9.17, 15) is 9.90 Å². The standard InChI is InChI=1S/C8H11NO3S/c1-8(2,5(10)6(11)12)7-9-3-4-13-7/h3-5,10H,1-2H3,(H,11,12). The number of aliphatic hydroxyl groups excluding tert-OH is 1. The number of carbonyl (C=O) groups is 1. The maximum Gasteiger partial charge on any atom is 0.333 e. The second-order valence-electron chi connectivity index (χ2n) is 3.30. The van der Waals surface area contributed by atoms with E-state index in [1.165, 1.54) is 11.3 Å². The quantitative estimate of drug-likeness (QED) is 0.761. The van der Waals surface area contributed by atoms with E-state index < -0.39 is 17.5 Å². The number of nitrogens with zero attached hydrogens (tertiary/aromatic N) is 1. The maximum atomic E-state index is 10.6. The van der Waals surface area contributed by atoms with E-state index in [1.54, 1.807) is 25.4 Å². The van der Waals surface area contributed by atoms with Gasteiger partial charge in [0, 0.05) is 11.6 Å². The molecule has 0 aliphatic rings. The zero-order valence-corrected chi connectivity index (χ0v) is 8.21. The smallest absolute Gasteiger partial charge is 0.333 e. The Labute approximate surface area is 79.9 Å². The number of aliphatic hydroxyl groups is 1. The van der Waals surface area contributed by atoms with Crippen LogP contribution < -0.4 is 0 Å². The van der Waals surface area contributed by atoms with Gasteiger partial charge in [-0.3, -0.25) is 0 Å². The molecule has 5 heteroatoms. The van der Waals surface area contributed by atoms with Gasteiger partial charge in [-0.25, -0.2) is 9.78 Å². The number of hydrogen-bond donors (Lipinski definition) is 2. The fourth-order valence-electron chi connectivity index (χ4n) is 0.967. The van der Waals surface area contributed by atoms with Crippen LogP contribution in [0.1, 0.15) is 18.9 Å². The Morgan fingerprint density at radius 1 is 1.69 bits per heavy atom. The molecule has 0 saturated heterocycles. The van der Waals surface area contributed by atoms with Crippen molar-refractivity contribution in [3.63, 3.8) is 0 Å². The Morgan fingerprint density at radius 2 is 2.31 bits per heavy atom.